The van der Waals surface area contributed by atoms with Crippen LogP contribution in [0, 0.1) is 0 Å². The molecule has 1 rings (SSSR count). The lowest BCUT2D eigenvalue weighted by Crippen LogP contribution is -2.45. The van der Waals surface area contributed by atoms with Gasteiger partial charge in [-0.1, -0.05) is 0 Å². The zero-order valence-corrected chi connectivity index (χ0v) is 8.32. The summed E-state index contributed by atoms with van der Waals surface area (Å²) in [6, 6.07) is 3.27. The van der Waals surface area contributed by atoms with E-state index in [2.05, 4.69) is 15.5 Å². The molecule has 76 valence electrons. The van der Waals surface area contributed by atoms with E-state index in [1.54, 1.807) is 12.1 Å². The van der Waals surface area contributed by atoms with Crippen LogP contribution in [0.1, 0.15) is 24.3 Å². The molecule has 0 saturated carbocycles. The number of nitrogens with one attached hydrogen (secondary N) is 1. The van der Waals surface area contributed by atoms with Crippen LogP contribution < -0.4 is 11.1 Å². The van der Waals surface area contributed by atoms with Crippen molar-refractivity contribution in [3.05, 3.63) is 24.0 Å². The number of amides is 1. The van der Waals surface area contributed by atoms with Crippen LogP contribution in [0.2, 0.25) is 0 Å². The number of rotatable bonds is 3. The molecular weight excluding hydrogens is 180 g/mol. The Balaban J connectivity index is 2.52. The van der Waals surface area contributed by atoms with E-state index >= 15 is 0 Å². The van der Waals surface area contributed by atoms with Crippen molar-refractivity contribution in [3.63, 3.8) is 0 Å². The van der Waals surface area contributed by atoms with Crippen molar-refractivity contribution < 1.29 is 4.79 Å². The van der Waals surface area contributed by atoms with E-state index in [4.69, 9.17) is 5.73 Å². The van der Waals surface area contributed by atoms with Gasteiger partial charge in [-0.3, -0.25) is 4.79 Å². The molecule has 5 heteroatoms. The normalized spacial score (nSPS) is 11.1. The van der Waals surface area contributed by atoms with Gasteiger partial charge in [0, 0.05) is 18.3 Å². The lowest BCUT2D eigenvalue weighted by atomic mass is 10.1. The third kappa shape index (κ3) is 3.49. The number of nitrogens with two attached hydrogens (primary N) is 1. The zero-order valence-electron chi connectivity index (χ0n) is 8.32. The van der Waals surface area contributed by atoms with Crippen molar-refractivity contribution in [3.8, 4) is 0 Å². The Kier molecular flexibility index (Phi) is 3.14. The molecule has 0 spiro atoms. The van der Waals surface area contributed by atoms with Crippen LogP contribution >= 0.6 is 0 Å². The fourth-order valence-corrected chi connectivity index (χ4v) is 0.821. The molecule has 3 N–H and O–H groups in total. The summed E-state index contributed by atoms with van der Waals surface area (Å²) >= 11 is 0. The van der Waals surface area contributed by atoms with Gasteiger partial charge in [0.25, 0.3) is 5.91 Å². The second-order valence-corrected chi connectivity index (χ2v) is 3.78. The van der Waals surface area contributed by atoms with E-state index < -0.39 is 5.54 Å². The summed E-state index contributed by atoms with van der Waals surface area (Å²) in [7, 11) is 0. The maximum absolute atomic E-state index is 11.4. The molecule has 0 saturated heterocycles. The highest BCUT2D eigenvalue weighted by Crippen LogP contribution is 1.95. The first kappa shape index (κ1) is 10.6. The highest BCUT2D eigenvalue weighted by atomic mass is 16.1. The Bertz CT molecular complexity index is 304. The van der Waals surface area contributed by atoms with Gasteiger partial charge in [0.2, 0.25) is 0 Å². The van der Waals surface area contributed by atoms with E-state index in [-0.39, 0.29) is 5.91 Å². The highest BCUT2D eigenvalue weighted by molar-refractivity contribution is 5.91. The van der Waals surface area contributed by atoms with Gasteiger partial charge in [-0.05, 0) is 26.0 Å². The van der Waals surface area contributed by atoms with Crippen molar-refractivity contribution in [2.75, 3.05) is 6.54 Å². The molecule has 0 aromatic carbocycles. The SMILES string of the molecule is CC(C)(N)CNC(=O)c1cccnn1. The van der Waals surface area contributed by atoms with Crippen molar-refractivity contribution in [1.29, 1.82) is 0 Å². The maximum Gasteiger partial charge on any atom is 0.271 e. The van der Waals surface area contributed by atoms with Gasteiger partial charge in [0.15, 0.2) is 5.69 Å². The second-order valence-electron chi connectivity index (χ2n) is 3.78. The number of carbonyl (C=O) groups excluding carboxylic acids is 1. The van der Waals surface area contributed by atoms with Crippen molar-refractivity contribution in [2.24, 2.45) is 5.73 Å². The minimum Gasteiger partial charge on any atom is -0.349 e. The molecular formula is C9H14N4O. The summed E-state index contributed by atoms with van der Waals surface area (Å²) in [6.07, 6.45) is 1.52. The van der Waals surface area contributed by atoms with Crippen LogP contribution in [-0.2, 0) is 0 Å². The largest absolute Gasteiger partial charge is 0.349 e. The van der Waals surface area contributed by atoms with Gasteiger partial charge >= 0.3 is 0 Å². The Morgan fingerprint density at radius 1 is 1.64 bits per heavy atom. The average Bonchev–Trinajstić information content (AvgIpc) is 2.14. The van der Waals surface area contributed by atoms with Gasteiger partial charge in [0.1, 0.15) is 0 Å². The molecule has 0 atom stereocenters. The molecule has 0 bridgehead atoms. The van der Waals surface area contributed by atoms with Crippen molar-refractivity contribution >= 4 is 5.91 Å². The van der Waals surface area contributed by atoms with Crippen LogP contribution in [0.5, 0.6) is 0 Å². The van der Waals surface area contributed by atoms with Gasteiger partial charge in [0.05, 0.1) is 0 Å². The molecule has 5 nitrogen and oxygen atoms in total. The molecule has 0 fully saturated rings. The smallest absolute Gasteiger partial charge is 0.271 e. The van der Waals surface area contributed by atoms with Gasteiger partial charge in [-0.25, -0.2) is 0 Å². The minimum atomic E-state index is -0.419. The fraction of sp³-hybridized carbons (Fsp3) is 0.444. The molecule has 1 aromatic rings. The molecule has 1 heterocycles. The summed E-state index contributed by atoms with van der Waals surface area (Å²) in [5, 5.41) is 9.96. The first-order chi connectivity index (χ1) is 6.49. The summed E-state index contributed by atoms with van der Waals surface area (Å²) in [5.41, 5.74) is 5.59. The molecule has 0 unspecified atom stereocenters. The fourth-order valence-electron chi connectivity index (χ4n) is 0.821. The summed E-state index contributed by atoms with van der Waals surface area (Å²) in [6.45, 7) is 4.08. The number of hydrogen-bond donors (Lipinski definition) is 2. The lowest BCUT2D eigenvalue weighted by Gasteiger charge is -2.18. The summed E-state index contributed by atoms with van der Waals surface area (Å²) in [5.74, 6) is -0.253. The number of nitrogens with zero attached hydrogens (tertiary/aromatic N) is 2. The molecule has 0 aliphatic carbocycles. The Hall–Kier alpha value is -1.49. The molecule has 1 aromatic heterocycles. The van der Waals surface area contributed by atoms with E-state index in [9.17, 15) is 4.79 Å². The van der Waals surface area contributed by atoms with Gasteiger partial charge in [-0.15, -0.1) is 5.10 Å². The average molecular weight is 194 g/mol. The van der Waals surface area contributed by atoms with E-state index in [0.717, 1.165) is 0 Å². The second kappa shape index (κ2) is 4.15. The molecule has 1 amide bonds. The van der Waals surface area contributed by atoms with Crippen LogP contribution in [-0.4, -0.2) is 28.2 Å². The molecule has 0 aliphatic heterocycles. The quantitative estimate of drug-likeness (QED) is 0.706. The predicted octanol–water partition coefficient (Wildman–Crippen LogP) is -0.0563. The first-order valence-corrected chi connectivity index (χ1v) is 4.34. The first-order valence-electron chi connectivity index (χ1n) is 4.34. The summed E-state index contributed by atoms with van der Waals surface area (Å²) < 4.78 is 0. The monoisotopic (exact) mass is 194 g/mol. The van der Waals surface area contributed by atoms with Gasteiger partial charge < -0.3 is 11.1 Å². The predicted molar refractivity (Wildman–Crippen MR) is 52.6 cm³/mol. The van der Waals surface area contributed by atoms with Crippen molar-refractivity contribution in [2.45, 2.75) is 19.4 Å². The van der Waals surface area contributed by atoms with E-state index in [1.165, 1.54) is 6.20 Å². The topological polar surface area (TPSA) is 80.9 Å². The molecule has 14 heavy (non-hydrogen) atoms. The Morgan fingerprint density at radius 2 is 2.36 bits per heavy atom. The number of hydrogen-bond acceptors (Lipinski definition) is 4. The summed E-state index contributed by atoms with van der Waals surface area (Å²) in [4.78, 5) is 11.4. The van der Waals surface area contributed by atoms with Crippen LogP contribution in [0.25, 0.3) is 0 Å². The lowest BCUT2D eigenvalue weighted by molar-refractivity contribution is 0.0940. The number of carbonyl (C=O) groups is 1. The van der Waals surface area contributed by atoms with E-state index in [1.807, 2.05) is 13.8 Å². The standard InChI is InChI=1S/C9H14N4O/c1-9(2,10)6-11-8(14)7-4-3-5-12-13-7/h3-5H,6,10H2,1-2H3,(H,11,14). The number of aromatic nitrogens is 2. The highest BCUT2D eigenvalue weighted by Gasteiger charge is 2.13. The van der Waals surface area contributed by atoms with Crippen LogP contribution in [0.15, 0.2) is 18.3 Å². The van der Waals surface area contributed by atoms with Crippen LogP contribution in [0.3, 0.4) is 0 Å². The molecule has 0 radical (unpaired) electrons. The van der Waals surface area contributed by atoms with E-state index in [0.29, 0.717) is 12.2 Å². The maximum atomic E-state index is 11.4. The third-order valence-corrected chi connectivity index (χ3v) is 1.51. The Labute approximate surface area is 82.7 Å². The third-order valence-electron chi connectivity index (χ3n) is 1.51. The van der Waals surface area contributed by atoms with Gasteiger partial charge in [-0.2, -0.15) is 5.10 Å². The van der Waals surface area contributed by atoms with Crippen molar-refractivity contribution in [1.82, 2.24) is 15.5 Å². The minimum absolute atomic E-state index is 0.253. The Morgan fingerprint density at radius 3 is 2.86 bits per heavy atom. The molecule has 0 aliphatic rings. The zero-order chi connectivity index (χ0) is 10.6. The van der Waals surface area contributed by atoms with Crippen LogP contribution in [0.4, 0.5) is 0 Å².